The van der Waals surface area contributed by atoms with Gasteiger partial charge < -0.3 is 5.73 Å². The van der Waals surface area contributed by atoms with Crippen LogP contribution in [0.1, 0.15) is 19.4 Å². The zero-order valence-electron chi connectivity index (χ0n) is 10.4. The Morgan fingerprint density at radius 1 is 1.39 bits per heavy atom. The topological polar surface area (TPSA) is 84.2 Å². The van der Waals surface area contributed by atoms with Gasteiger partial charge in [0.15, 0.2) is 0 Å². The standard InChI is InChI=1S/C11H18FN3O2S/c1-8(2)7-14-18(16,17)15-11-5-3-4-10(12)9(11)6-13/h3-5,8,14-15H,6-7,13H2,1-2H3. The van der Waals surface area contributed by atoms with Crippen molar-refractivity contribution in [2.24, 2.45) is 11.7 Å². The van der Waals surface area contributed by atoms with Gasteiger partial charge in [-0.3, -0.25) is 4.72 Å². The fourth-order valence-corrected chi connectivity index (χ4v) is 2.42. The maximum atomic E-state index is 13.4. The molecule has 0 unspecified atom stereocenters. The summed E-state index contributed by atoms with van der Waals surface area (Å²) in [4.78, 5) is 0. The summed E-state index contributed by atoms with van der Waals surface area (Å²) in [6.07, 6.45) is 0. The third-order valence-corrected chi connectivity index (χ3v) is 3.28. The largest absolute Gasteiger partial charge is 0.326 e. The van der Waals surface area contributed by atoms with Gasteiger partial charge in [-0.15, -0.1) is 0 Å². The number of nitrogens with one attached hydrogen (secondary N) is 2. The zero-order valence-corrected chi connectivity index (χ0v) is 11.2. The number of hydrogen-bond acceptors (Lipinski definition) is 3. The van der Waals surface area contributed by atoms with Crippen molar-refractivity contribution in [3.63, 3.8) is 0 Å². The molecule has 1 rings (SSSR count). The summed E-state index contributed by atoms with van der Waals surface area (Å²) < 4.78 is 41.5. The van der Waals surface area contributed by atoms with Crippen LogP contribution in [0.2, 0.25) is 0 Å². The molecule has 4 N–H and O–H groups in total. The minimum absolute atomic E-state index is 0.0747. The van der Waals surface area contributed by atoms with Crippen molar-refractivity contribution in [2.75, 3.05) is 11.3 Å². The molecule has 0 aromatic heterocycles. The molecular weight excluding hydrogens is 257 g/mol. The maximum Gasteiger partial charge on any atom is 0.299 e. The second-order valence-electron chi connectivity index (χ2n) is 4.32. The molecule has 0 amide bonds. The first-order chi connectivity index (χ1) is 8.35. The van der Waals surface area contributed by atoms with Crippen LogP contribution in [0.3, 0.4) is 0 Å². The van der Waals surface area contributed by atoms with E-state index in [1.54, 1.807) is 0 Å². The lowest BCUT2D eigenvalue weighted by Gasteiger charge is -2.13. The third kappa shape index (κ3) is 4.25. The van der Waals surface area contributed by atoms with Crippen LogP contribution in [-0.2, 0) is 16.8 Å². The van der Waals surface area contributed by atoms with E-state index >= 15 is 0 Å². The number of rotatable bonds is 6. The Bertz CT molecular complexity index is 503. The summed E-state index contributed by atoms with van der Waals surface area (Å²) in [6.45, 7) is 4.00. The van der Waals surface area contributed by atoms with Gasteiger partial charge in [0.2, 0.25) is 0 Å². The van der Waals surface area contributed by atoms with Crippen LogP contribution < -0.4 is 15.2 Å². The molecule has 1 aromatic rings. The van der Waals surface area contributed by atoms with Gasteiger partial charge in [-0.1, -0.05) is 19.9 Å². The number of hydrogen-bond donors (Lipinski definition) is 3. The monoisotopic (exact) mass is 275 g/mol. The highest BCUT2D eigenvalue weighted by molar-refractivity contribution is 7.90. The van der Waals surface area contributed by atoms with E-state index < -0.39 is 16.0 Å². The van der Waals surface area contributed by atoms with Gasteiger partial charge in [-0.05, 0) is 18.1 Å². The van der Waals surface area contributed by atoms with E-state index in [2.05, 4.69) is 9.44 Å². The van der Waals surface area contributed by atoms with Crippen molar-refractivity contribution >= 4 is 15.9 Å². The minimum atomic E-state index is -3.70. The molecule has 0 spiro atoms. The van der Waals surface area contributed by atoms with Crippen molar-refractivity contribution < 1.29 is 12.8 Å². The van der Waals surface area contributed by atoms with Gasteiger partial charge in [-0.25, -0.2) is 4.39 Å². The quantitative estimate of drug-likeness (QED) is 0.729. The van der Waals surface area contributed by atoms with Crippen LogP contribution in [0.15, 0.2) is 18.2 Å². The predicted molar refractivity (Wildman–Crippen MR) is 69.7 cm³/mol. The van der Waals surface area contributed by atoms with Crippen LogP contribution in [0.5, 0.6) is 0 Å². The Morgan fingerprint density at radius 2 is 2.06 bits per heavy atom. The maximum absolute atomic E-state index is 13.4. The Kier molecular flexibility index (Phi) is 5.06. The molecule has 18 heavy (non-hydrogen) atoms. The second kappa shape index (κ2) is 6.12. The highest BCUT2D eigenvalue weighted by atomic mass is 32.2. The molecule has 0 fully saturated rings. The fourth-order valence-electron chi connectivity index (χ4n) is 1.32. The highest BCUT2D eigenvalue weighted by Crippen LogP contribution is 2.19. The average molecular weight is 275 g/mol. The second-order valence-corrected chi connectivity index (χ2v) is 5.82. The Labute approximate surface area is 107 Å². The van der Waals surface area contributed by atoms with Crippen molar-refractivity contribution in [1.29, 1.82) is 0 Å². The van der Waals surface area contributed by atoms with Gasteiger partial charge in [0.25, 0.3) is 10.2 Å². The van der Waals surface area contributed by atoms with Crippen molar-refractivity contribution in [2.45, 2.75) is 20.4 Å². The minimum Gasteiger partial charge on any atom is -0.326 e. The van der Waals surface area contributed by atoms with E-state index in [1.807, 2.05) is 13.8 Å². The van der Waals surface area contributed by atoms with Crippen LogP contribution >= 0.6 is 0 Å². The molecule has 0 atom stereocenters. The van der Waals surface area contributed by atoms with E-state index in [4.69, 9.17) is 5.73 Å². The predicted octanol–water partition coefficient (Wildman–Crippen LogP) is 1.19. The van der Waals surface area contributed by atoms with E-state index in [-0.39, 0.29) is 23.7 Å². The molecular formula is C11H18FN3O2S. The summed E-state index contributed by atoms with van der Waals surface area (Å²) >= 11 is 0. The van der Waals surface area contributed by atoms with Gasteiger partial charge >= 0.3 is 0 Å². The summed E-state index contributed by atoms with van der Waals surface area (Å²) in [5, 5.41) is 0. The van der Waals surface area contributed by atoms with Gasteiger partial charge in [-0.2, -0.15) is 13.1 Å². The normalized spacial score (nSPS) is 11.8. The first kappa shape index (κ1) is 14.9. The smallest absolute Gasteiger partial charge is 0.299 e. The van der Waals surface area contributed by atoms with Crippen molar-refractivity contribution in [3.05, 3.63) is 29.6 Å². The number of halogens is 1. The Morgan fingerprint density at radius 3 is 2.61 bits per heavy atom. The molecule has 0 aliphatic carbocycles. The zero-order chi connectivity index (χ0) is 13.8. The summed E-state index contributed by atoms with van der Waals surface area (Å²) in [5.41, 5.74) is 5.70. The van der Waals surface area contributed by atoms with Crippen LogP contribution in [0.4, 0.5) is 10.1 Å². The van der Waals surface area contributed by atoms with Crippen LogP contribution in [-0.4, -0.2) is 15.0 Å². The van der Waals surface area contributed by atoms with E-state index in [1.165, 1.54) is 18.2 Å². The van der Waals surface area contributed by atoms with Crippen LogP contribution in [0.25, 0.3) is 0 Å². The first-order valence-corrected chi connectivity index (χ1v) is 7.09. The Balaban J connectivity index is 2.87. The molecule has 0 saturated heterocycles. The lowest BCUT2D eigenvalue weighted by molar-refractivity contribution is 0.564. The highest BCUT2D eigenvalue weighted by Gasteiger charge is 2.14. The molecule has 0 aliphatic rings. The molecule has 0 bridgehead atoms. The van der Waals surface area contributed by atoms with Crippen molar-refractivity contribution in [1.82, 2.24) is 4.72 Å². The van der Waals surface area contributed by atoms with Gasteiger partial charge in [0, 0.05) is 18.7 Å². The van der Waals surface area contributed by atoms with E-state index in [0.29, 0.717) is 6.54 Å². The third-order valence-electron chi connectivity index (χ3n) is 2.25. The average Bonchev–Trinajstić information content (AvgIpc) is 2.26. The molecule has 0 heterocycles. The molecule has 0 saturated carbocycles. The molecule has 5 nitrogen and oxygen atoms in total. The Hall–Kier alpha value is -1.18. The summed E-state index contributed by atoms with van der Waals surface area (Å²) in [5.74, 6) is -0.343. The van der Waals surface area contributed by atoms with Crippen molar-refractivity contribution in [3.8, 4) is 0 Å². The first-order valence-electron chi connectivity index (χ1n) is 5.60. The van der Waals surface area contributed by atoms with E-state index in [0.717, 1.165) is 0 Å². The molecule has 0 radical (unpaired) electrons. The molecule has 7 heteroatoms. The summed E-state index contributed by atoms with van der Waals surface area (Å²) in [7, 11) is -3.70. The fraction of sp³-hybridized carbons (Fsp3) is 0.455. The van der Waals surface area contributed by atoms with Gasteiger partial charge in [0.05, 0.1) is 5.69 Å². The lowest BCUT2D eigenvalue weighted by atomic mass is 10.2. The molecule has 102 valence electrons. The van der Waals surface area contributed by atoms with Gasteiger partial charge in [0.1, 0.15) is 5.82 Å². The number of nitrogens with two attached hydrogens (primary N) is 1. The van der Waals surface area contributed by atoms with Crippen LogP contribution in [0, 0.1) is 11.7 Å². The summed E-state index contributed by atoms with van der Waals surface area (Å²) in [6, 6.07) is 4.14. The lowest BCUT2D eigenvalue weighted by Crippen LogP contribution is -2.33. The number of benzene rings is 1. The number of anilines is 1. The van der Waals surface area contributed by atoms with E-state index in [9.17, 15) is 12.8 Å². The molecule has 1 aromatic carbocycles. The SMILES string of the molecule is CC(C)CNS(=O)(=O)Nc1cccc(F)c1CN. The molecule has 0 aliphatic heterocycles.